The third-order valence-corrected chi connectivity index (χ3v) is 6.56. The SMILES string of the molecule is O=C(CN1CCN(C(=O)CC2CCCCC2)CC1)N[C@@H]1CCSC1=O. The monoisotopic (exact) mass is 367 g/mol. The quantitative estimate of drug-likeness (QED) is 0.792. The summed E-state index contributed by atoms with van der Waals surface area (Å²) >= 11 is 1.30. The van der Waals surface area contributed by atoms with E-state index in [-0.39, 0.29) is 23.0 Å². The Hall–Kier alpha value is -1.08. The van der Waals surface area contributed by atoms with Gasteiger partial charge in [0, 0.05) is 38.4 Å². The molecule has 0 aromatic rings. The molecule has 0 aromatic heterocycles. The standard InChI is InChI=1S/C18H29N3O3S/c22-16(19-15-6-11-25-18(15)24)13-20-7-9-21(10-8-20)17(23)12-14-4-2-1-3-5-14/h14-15H,1-13H2,(H,19,22)/t15-/m1/s1. The molecule has 7 heteroatoms. The van der Waals surface area contributed by atoms with Gasteiger partial charge in [0.15, 0.2) is 0 Å². The number of hydrogen-bond donors (Lipinski definition) is 1. The van der Waals surface area contributed by atoms with E-state index in [9.17, 15) is 14.4 Å². The lowest BCUT2D eigenvalue weighted by Crippen LogP contribution is -2.52. The van der Waals surface area contributed by atoms with E-state index in [4.69, 9.17) is 0 Å². The Labute approximate surface area is 154 Å². The number of thioether (sulfide) groups is 1. The van der Waals surface area contributed by atoms with E-state index < -0.39 is 0 Å². The Bertz CT molecular complexity index is 500. The Morgan fingerprint density at radius 1 is 1.04 bits per heavy atom. The molecule has 25 heavy (non-hydrogen) atoms. The molecule has 140 valence electrons. The maximum atomic E-state index is 12.4. The molecule has 2 amide bonds. The molecule has 2 saturated heterocycles. The van der Waals surface area contributed by atoms with Gasteiger partial charge in [-0.3, -0.25) is 19.3 Å². The highest BCUT2D eigenvalue weighted by molar-refractivity contribution is 8.14. The summed E-state index contributed by atoms with van der Waals surface area (Å²) in [6.45, 7) is 3.20. The molecule has 0 aromatic carbocycles. The highest BCUT2D eigenvalue weighted by Gasteiger charge is 2.28. The number of amides is 2. The third kappa shape index (κ3) is 5.45. The van der Waals surface area contributed by atoms with Crippen molar-refractivity contribution >= 4 is 28.7 Å². The minimum absolute atomic E-state index is 0.0754. The van der Waals surface area contributed by atoms with Gasteiger partial charge in [-0.25, -0.2) is 0 Å². The van der Waals surface area contributed by atoms with E-state index in [0.29, 0.717) is 32.0 Å². The van der Waals surface area contributed by atoms with Gasteiger partial charge >= 0.3 is 0 Å². The van der Waals surface area contributed by atoms with E-state index in [1.165, 1.54) is 43.9 Å². The number of nitrogens with one attached hydrogen (secondary N) is 1. The van der Waals surface area contributed by atoms with Crippen LogP contribution >= 0.6 is 11.8 Å². The van der Waals surface area contributed by atoms with Crippen LogP contribution in [-0.2, 0) is 14.4 Å². The summed E-state index contributed by atoms with van der Waals surface area (Å²) in [6.07, 6.45) is 7.68. The second-order valence-corrected chi connectivity index (χ2v) is 8.54. The van der Waals surface area contributed by atoms with Crippen LogP contribution in [0.15, 0.2) is 0 Å². The zero-order valence-electron chi connectivity index (χ0n) is 14.9. The first-order valence-corrected chi connectivity index (χ1v) is 10.6. The number of hydrogen-bond acceptors (Lipinski definition) is 5. The summed E-state index contributed by atoms with van der Waals surface area (Å²) in [7, 11) is 0. The van der Waals surface area contributed by atoms with Gasteiger partial charge in [0.2, 0.25) is 16.9 Å². The summed E-state index contributed by atoms with van der Waals surface area (Å²) in [5.41, 5.74) is 0. The zero-order chi connectivity index (χ0) is 17.6. The van der Waals surface area contributed by atoms with Crippen molar-refractivity contribution in [2.24, 2.45) is 5.92 Å². The van der Waals surface area contributed by atoms with E-state index in [0.717, 1.165) is 25.3 Å². The molecular formula is C18H29N3O3S. The maximum absolute atomic E-state index is 12.4. The van der Waals surface area contributed by atoms with Crippen LogP contribution in [-0.4, -0.2) is 71.2 Å². The van der Waals surface area contributed by atoms with Crippen LogP contribution < -0.4 is 5.32 Å². The highest BCUT2D eigenvalue weighted by Crippen LogP contribution is 2.27. The second kappa shape index (κ2) is 9.03. The molecule has 3 fully saturated rings. The molecule has 1 N–H and O–H groups in total. The zero-order valence-corrected chi connectivity index (χ0v) is 15.7. The predicted molar refractivity (Wildman–Crippen MR) is 98.2 cm³/mol. The Morgan fingerprint density at radius 2 is 1.76 bits per heavy atom. The van der Waals surface area contributed by atoms with Gasteiger partial charge in [-0.2, -0.15) is 0 Å². The van der Waals surface area contributed by atoms with Gasteiger partial charge in [0.1, 0.15) is 0 Å². The Balaban J connectivity index is 1.35. The van der Waals surface area contributed by atoms with Gasteiger partial charge in [0.05, 0.1) is 12.6 Å². The average molecular weight is 368 g/mol. The van der Waals surface area contributed by atoms with Crippen LogP contribution in [0.1, 0.15) is 44.9 Å². The van der Waals surface area contributed by atoms with Crippen LogP contribution in [0.4, 0.5) is 0 Å². The molecule has 0 unspecified atom stereocenters. The molecule has 3 rings (SSSR count). The molecule has 1 aliphatic carbocycles. The van der Waals surface area contributed by atoms with Crippen molar-refractivity contribution in [2.45, 2.75) is 51.0 Å². The Kier molecular flexibility index (Phi) is 6.76. The smallest absolute Gasteiger partial charge is 0.234 e. The largest absolute Gasteiger partial charge is 0.344 e. The van der Waals surface area contributed by atoms with E-state index >= 15 is 0 Å². The van der Waals surface area contributed by atoms with Gasteiger partial charge in [0.25, 0.3) is 0 Å². The maximum Gasteiger partial charge on any atom is 0.234 e. The van der Waals surface area contributed by atoms with Crippen LogP contribution in [0, 0.1) is 5.92 Å². The molecule has 2 heterocycles. The molecule has 0 spiro atoms. The molecule has 1 atom stereocenters. The number of rotatable bonds is 5. The average Bonchev–Trinajstić information content (AvgIpc) is 3.01. The molecule has 3 aliphatic rings. The van der Waals surface area contributed by atoms with Crippen molar-refractivity contribution in [1.29, 1.82) is 0 Å². The van der Waals surface area contributed by atoms with E-state index in [2.05, 4.69) is 10.2 Å². The highest BCUT2D eigenvalue weighted by atomic mass is 32.2. The van der Waals surface area contributed by atoms with Crippen molar-refractivity contribution in [3.63, 3.8) is 0 Å². The summed E-state index contributed by atoms with van der Waals surface area (Å²) in [5, 5.41) is 2.91. The van der Waals surface area contributed by atoms with Crippen LogP contribution in [0.5, 0.6) is 0 Å². The fourth-order valence-corrected chi connectivity index (χ4v) is 4.93. The number of carbonyl (C=O) groups is 3. The van der Waals surface area contributed by atoms with Crippen LogP contribution in [0.3, 0.4) is 0 Å². The van der Waals surface area contributed by atoms with Gasteiger partial charge in [-0.1, -0.05) is 31.0 Å². The van der Waals surface area contributed by atoms with Crippen molar-refractivity contribution < 1.29 is 14.4 Å². The molecule has 0 radical (unpaired) electrons. The first-order valence-electron chi connectivity index (χ1n) is 9.58. The molecule has 6 nitrogen and oxygen atoms in total. The van der Waals surface area contributed by atoms with E-state index in [1.54, 1.807) is 0 Å². The first-order chi connectivity index (χ1) is 12.1. The predicted octanol–water partition coefficient (Wildman–Crippen LogP) is 1.25. The van der Waals surface area contributed by atoms with Gasteiger partial charge < -0.3 is 10.2 Å². The van der Waals surface area contributed by atoms with Crippen LogP contribution in [0.2, 0.25) is 0 Å². The van der Waals surface area contributed by atoms with Crippen molar-refractivity contribution in [2.75, 3.05) is 38.5 Å². The minimum Gasteiger partial charge on any atom is -0.344 e. The second-order valence-electron chi connectivity index (χ2n) is 7.44. The van der Waals surface area contributed by atoms with Crippen molar-refractivity contribution in [1.82, 2.24) is 15.1 Å². The third-order valence-electron chi connectivity index (χ3n) is 5.55. The van der Waals surface area contributed by atoms with Crippen molar-refractivity contribution in [3.8, 4) is 0 Å². The van der Waals surface area contributed by atoms with Crippen molar-refractivity contribution in [3.05, 3.63) is 0 Å². The van der Waals surface area contributed by atoms with Crippen LogP contribution in [0.25, 0.3) is 0 Å². The normalized spacial score (nSPS) is 26.0. The summed E-state index contributed by atoms with van der Waals surface area (Å²) in [4.78, 5) is 40.2. The number of piperazine rings is 1. The molecule has 1 saturated carbocycles. The molecule has 0 bridgehead atoms. The number of carbonyl (C=O) groups excluding carboxylic acids is 3. The minimum atomic E-state index is -0.309. The summed E-state index contributed by atoms with van der Waals surface area (Å²) in [5.74, 6) is 1.57. The molecular weight excluding hydrogens is 338 g/mol. The summed E-state index contributed by atoms with van der Waals surface area (Å²) < 4.78 is 0. The lowest BCUT2D eigenvalue weighted by atomic mass is 9.86. The first kappa shape index (κ1) is 18.7. The Morgan fingerprint density at radius 3 is 2.40 bits per heavy atom. The van der Waals surface area contributed by atoms with E-state index in [1.807, 2.05) is 4.90 Å². The van der Waals surface area contributed by atoms with Gasteiger partial charge in [-0.15, -0.1) is 0 Å². The fraction of sp³-hybridized carbons (Fsp3) is 0.833. The fourth-order valence-electron chi connectivity index (χ4n) is 3.99. The molecule has 2 aliphatic heterocycles. The van der Waals surface area contributed by atoms with Gasteiger partial charge in [-0.05, 0) is 25.2 Å². The summed E-state index contributed by atoms with van der Waals surface area (Å²) in [6, 6.07) is -0.309. The topological polar surface area (TPSA) is 69.7 Å². The lowest BCUT2D eigenvalue weighted by Gasteiger charge is -2.35. The number of nitrogens with zero attached hydrogens (tertiary/aromatic N) is 2. The lowest BCUT2D eigenvalue weighted by molar-refractivity contribution is -0.134.